The molecule has 0 bridgehead atoms. The fourth-order valence-corrected chi connectivity index (χ4v) is 3.67. The molecule has 1 fully saturated rings. The van der Waals surface area contributed by atoms with Gasteiger partial charge in [0.05, 0.1) is 13.7 Å². The highest BCUT2D eigenvalue weighted by Crippen LogP contribution is 2.37. The molecule has 1 aromatic carbocycles. The van der Waals surface area contributed by atoms with Crippen LogP contribution in [0.5, 0.6) is 11.5 Å². The topological polar surface area (TPSA) is 76.7 Å². The first kappa shape index (κ1) is 21.2. The van der Waals surface area contributed by atoms with Crippen LogP contribution in [0.3, 0.4) is 0 Å². The molecule has 1 saturated heterocycles. The van der Waals surface area contributed by atoms with Gasteiger partial charge in [-0.25, -0.2) is 4.98 Å². The molecule has 0 unspecified atom stereocenters. The molecule has 0 atom stereocenters. The number of nitrogens with zero attached hydrogens (tertiary/aromatic N) is 4. The van der Waals surface area contributed by atoms with E-state index in [2.05, 4.69) is 40.5 Å². The minimum Gasteiger partial charge on any atom is -0.493 e. The van der Waals surface area contributed by atoms with Gasteiger partial charge in [0, 0.05) is 30.0 Å². The van der Waals surface area contributed by atoms with Gasteiger partial charge >= 0.3 is 0 Å². The number of likely N-dealkylation sites (tertiary alicyclic amines) is 1. The highest BCUT2D eigenvalue weighted by atomic mass is 16.5. The smallest absolute Gasteiger partial charge is 0.232 e. The van der Waals surface area contributed by atoms with E-state index in [0.29, 0.717) is 18.4 Å². The van der Waals surface area contributed by atoms with Gasteiger partial charge in [0.2, 0.25) is 5.95 Å². The Morgan fingerprint density at radius 2 is 1.90 bits per heavy atom. The highest BCUT2D eigenvalue weighted by molar-refractivity contribution is 5.64. The maximum atomic E-state index is 6.11. The van der Waals surface area contributed by atoms with Crippen LogP contribution in [0.1, 0.15) is 40.0 Å². The lowest BCUT2D eigenvalue weighted by Gasteiger charge is -2.36. The van der Waals surface area contributed by atoms with Crippen LogP contribution < -0.4 is 20.1 Å². The van der Waals surface area contributed by atoms with Crippen LogP contribution in [0.4, 0.5) is 17.5 Å². The molecule has 0 spiro atoms. The summed E-state index contributed by atoms with van der Waals surface area (Å²) < 4.78 is 11.6. The lowest BCUT2D eigenvalue weighted by atomic mass is 10.0. The molecular formula is C22H33N5O2. The summed E-state index contributed by atoms with van der Waals surface area (Å²) in [5, 5.41) is 0. The van der Waals surface area contributed by atoms with Crippen LogP contribution in [-0.2, 0) is 0 Å². The maximum Gasteiger partial charge on any atom is 0.232 e. The Hall–Kier alpha value is -2.54. The van der Waals surface area contributed by atoms with E-state index in [1.807, 2.05) is 18.2 Å². The Morgan fingerprint density at radius 3 is 2.55 bits per heavy atom. The second-order valence-corrected chi connectivity index (χ2v) is 8.37. The van der Waals surface area contributed by atoms with Crippen molar-refractivity contribution in [3.63, 3.8) is 0 Å². The van der Waals surface area contributed by atoms with Crippen LogP contribution >= 0.6 is 0 Å². The van der Waals surface area contributed by atoms with Crippen molar-refractivity contribution in [2.75, 3.05) is 44.0 Å². The van der Waals surface area contributed by atoms with Crippen molar-refractivity contribution in [2.24, 2.45) is 0 Å². The van der Waals surface area contributed by atoms with Gasteiger partial charge in [-0.3, -0.25) is 0 Å². The van der Waals surface area contributed by atoms with Crippen molar-refractivity contribution >= 4 is 17.5 Å². The van der Waals surface area contributed by atoms with Crippen molar-refractivity contribution in [2.45, 2.75) is 45.6 Å². The molecular weight excluding hydrogens is 366 g/mol. The molecule has 7 nitrogen and oxygen atoms in total. The summed E-state index contributed by atoms with van der Waals surface area (Å²) in [7, 11) is 1.66. The predicted molar refractivity (Wildman–Crippen MR) is 117 cm³/mol. The first-order chi connectivity index (χ1) is 13.9. The molecule has 3 rings (SSSR count). The van der Waals surface area contributed by atoms with E-state index in [1.54, 1.807) is 19.4 Å². The summed E-state index contributed by atoms with van der Waals surface area (Å²) in [6, 6.07) is 7.60. The van der Waals surface area contributed by atoms with E-state index in [9.17, 15) is 0 Å². The molecule has 7 heteroatoms. The number of rotatable bonds is 8. The van der Waals surface area contributed by atoms with Gasteiger partial charge in [0.1, 0.15) is 5.82 Å². The summed E-state index contributed by atoms with van der Waals surface area (Å²) >= 11 is 0. The van der Waals surface area contributed by atoms with Crippen molar-refractivity contribution in [3.05, 3.63) is 30.5 Å². The Morgan fingerprint density at radius 1 is 1.14 bits per heavy atom. The second kappa shape index (κ2) is 9.31. The summed E-state index contributed by atoms with van der Waals surface area (Å²) in [6.07, 6.45) is 5.29. The number of anilines is 3. The lowest BCUT2D eigenvalue weighted by molar-refractivity contribution is 0.254. The third-order valence-corrected chi connectivity index (χ3v) is 5.02. The lowest BCUT2D eigenvalue weighted by Crippen LogP contribution is -2.38. The normalized spacial score (nSPS) is 14.8. The van der Waals surface area contributed by atoms with Crippen molar-refractivity contribution in [1.82, 2.24) is 14.9 Å². The summed E-state index contributed by atoms with van der Waals surface area (Å²) in [4.78, 5) is 13.4. The second-order valence-electron chi connectivity index (χ2n) is 8.37. The Balaban J connectivity index is 1.79. The molecule has 0 aliphatic carbocycles. The van der Waals surface area contributed by atoms with E-state index in [-0.39, 0.29) is 5.54 Å². The number of hydrogen-bond donors (Lipinski definition) is 1. The zero-order valence-electron chi connectivity index (χ0n) is 18.0. The van der Waals surface area contributed by atoms with E-state index in [4.69, 9.17) is 15.2 Å². The molecule has 29 heavy (non-hydrogen) atoms. The number of hydrogen-bond acceptors (Lipinski definition) is 7. The molecule has 1 aliphatic rings. The zero-order valence-corrected chi connectivity index (χ0v) is 18.0. The SMILES string of the molecule is COc1ccc(N(c2nccc(N)n2)C(C)(C)C)cc1OCCCN1CCCC1. The Bertz CT molecular complexity index is 800. The number of methoxy groups -OCH3 is 1. The van der Waals surface area contributed by atoms with Crippen molar-refractivity contribution < 1.29 is 9.47 Å². The third-order valence-electron chi connectivity index (χ3n) is 5.02. The summed E-state index contributed by atoms with van der Waals surface area (Å²) in [6.45, 7) is 10.5. The van der Waals surface area contributed by atoms with Gasteiger partial charge in [-0.1, -0.05) is 0 Å². The maximum absolute atomic E-state index is 6.11. The van der Waals surface area contributed by atoms with E-state index >= 15 is 0 Å². The van der Waals surface area contributed by atoms with Crippen molar-refractivity contribution in [1.29, 1.82) is 0 Å². The predicted octanol–water partition coefficient (Wildman–Crippen LogP) is 3.87. The monoisotopic (exact) mass is 399 g/mol. The Kier molecular flexibility index (Phi) is 6.79. The van der Waals surface area contributed by atoms with E-state index in [1.165, 1.54) is 25.9 Å². The number of nitrogen functional groups attached to an aromatic ring is 1. The number of benzene rings is 1. The standard InChI is InChI=1S/C22H33N5O2/c1-22(2,3)27(21-24-11-10-20(23)25-21)17-8-9-18(28-4)19(16-17)29-15-7-14-26-12-5-6-13-26/h8-11,16H,5-7,12-15H2,1-4H3,(H2,23,24,25). The molecule has 0 radical (unpaired) electrons. The van der Waals surface area contributed by atoms with E-state index < -0.39 is 0 Å². The molecule has 2 N–H and O–H groups in total. The van der Waals surface area contributed by atoms with Crippen molar-refractivity contribution in [3.8, 4) is 11.5 Å². The Labute approximate surface area is 173 Å². The van der Waals surface area contributed by atoms with Crippen LogP contribution in [0.2, 0.25) is 0 Å². The quantitative estimate of drug-likeness (QED) is 0.675. The minimum atomic E-state index is -0.255. The molecule has 2 heterocycles. The molecule has 158 valence electrons. The van der Waals surface area contributed by atoms with Gasteiger partial charge in [-0.05, 0) is 71.3 Å². The summed E-state index contributed by atoms with van der Waals surface area (Å²) in [5.74, 6) is 2.45. The largest absolute Gasteiger partial charge is 0.493 e. The molecule has 1 aliphatic heterocycles. The number of ether oxygens (including phenoxy) is 2. The molecule has 2 aromatic rings. The fraction of sp³-hybridized carbons (Fsp3) is 0.545. The first-order valence-corrected chi connectivity index (χ1v) is 10.3. The molecule has 1 aromatic heterocycles. The van der Waals surface area contributed by atoms with Crippen LogP contribution in [0.15, 0.2) is 30.5 Å². The number of nitrogens with two attached hydrogens (primary N) is 1. The van der Waals surface area contributed by atoms with E-state index in [0.717, 1.165) is 30.2 Å². The van der Waals surface area contributed by atoms with Gasteiger partial charge in [-0.15, -0.1) is 0 Å². The molecule has 0 saturated carbocycles. The van der Waals surface area contributed by atoms with Gasteiger partial charge in [-0.2, -0.15) is 4.98 Å². The highest BCUT2D eigenvalue weighted by Gasteiger charge is 2.27. The number of aromatic nitrogens is 2. The fourth-order valence-electron chi connectivity index (χ4n) is 3.67. The van der Waals surface area contributed by atoms with Gasteiger partial charge < -0.3 is 25.0 Å². The zero-order chi connectivity index (χ0) is 20.9. The minimum absolute atomic E-state index is 0.255. The van der Waals surface area contributed by atoms with Crippen LogP contribution in [0, 0.1) is 0 Å². The van der Waals surface area contributed by atoms with Crippen LogP contribution in [-0.4, -0.2) is 53.8 Å². The van der Waals surface area contributed by atoms with Gasteiger partial charge in [0.15, 0.2) is 11.5 Å². The third kappa shape index (κ3) is 5.50. The first-order valence-electron chi connectivity index (χ1n) is 10.3. The molecule has 0 amide bonds. The van der Waals surface area contributed by atoms with Gasteiger partial charge in [0.25, 0.3) is 0 Å². The average Bonchev–Trinajstić information content (AvgIpc) is 3.18. The summed E-state index contributed by atoms with van der Waals surface area (Å²) in [5.41, 5.74) is 6.57. The average molecular weight is 400 g/mol. The van der Waals surface area contributed by atoms with Crippen LogP contribution in [0.25, 0.3) is 0 Å².